The Kier molecular flexibility index (Phi) is 7.15. The first-order valence-electron chi connectivity index (χ1n) is 6.82. The lowest BCUT2D eigenvalue weighted by atomic mass is 10.1. The Labute approximate surface area is 124 Å². The number of benzene rings is 1. The highest BCUT2D eigenvalue weighted by atomic mass is 32.2. The Bertz CT molecular complexity index is 446. The lowest BCUT2D eigenvalue weighted by Crippen LogP contribution is -2.30. The minimum absolute atomic E-state index is 0.0357. The van der Waals surface area contributed by atoms with Crippen LogP contribution in [-0.4, -0.2) is 22.8 Å². The third-order valence-electron chi connectivity index (χ3n) is 2.94. The summed E-state index contributed by atoms with van der Waals surface area (Å²) >= 11 is 1.68. The first kappa shape index (κ1) is 16.6. The molecule has 5 heteroatoms. The van der Waals surface area contributed by atoms with Crippen LogP contribution in [0, 0.1) is 0 Å². The predicted octanol–water partition coefficient (Wildman–Crippen LogP) is 2.32. The largest absolute Gasteiger partial charge is 0.366 e. The number of carbonyl (C=O) groups is 2. The molecule has 0 spiro atoms. The number of primary amides is 1. The molecule has 0 unspecified atom stereocenters. The van der Waals surface area contributed by atoms with Gasteiger partial charge >= 0.3 is 0 Å². The van der Waals surface area contributed by atoms with Crippen LogP contribution in [0.2, 0.25) is 0 Å². The van der Waals surface area contributed by atoms with Crippen molar-refractivity contribution in [1.29, 1.82) is 0 Å². The lowest BCUT2D eigenvalue weighted by Gasteiger charge is -2.12. The van der Waals surface area contributed by atoms with E-state index >= 15 is 0 Å². The van der Waals surface area contributed by atoms with Crippen molar-refractivity contribution >= 4 is 23.6 Å². The topological polar surface area (TPSA) is 72.2 Å². The minimum Gasteiger partial charge on any atom is -0.366 e. The van der Waals surface area contributed by atoms with Crippen LogP contribution in [0.15, 0.2) is 24.3 Å². The van der Waals surface area contributed by atoms with Gasteiger partial charge in [-0.1, -0.05) is 25.5 Å². The molecule has 3 N–H and O–H groups in total. The molecule has 2 amide bonds. The Morgan fingerprint density at radius 1 is 1.30 bits per heavy atom. The van der Waals surface area contributed by atoms with Crippen molar-refractivity contribution in [2.45, 2.75) is 38.5 Å². The van der Waals surface area contributed by atoms with Crippen molar-refractivity contribution < 1.29 is 9.59 Å². The second-order valence-electron chi connectivity index (χ2n) is 4.65. The number of amides is 2. The van der Waals surface area contributed by atoms with E-state index in [1.807, 2.05) is 6.92 Å². The zero-order chi connectivity index (χ0) is 15.0. The van der Waals surface area contributed by atoms with Gasteiger partial charge in [-0.05, 0) is 36.8 Å². The molecule has 0 bridgehead atoms. The highest BCUT2D eigenvalue weighted by Crippen LogP contribution is 2.13. The summed E-state index contributed by atoms with van der Waals surface area (Å²) in [6.45, 7) is 4.53. The van der Waals surface area contributed by atoms with Gasteiger partial charge < -0.3 is 11.1 Å². The van der Waals surface area contributed by atoms with Gasteiger partial charge in [0.05, 0.1) is 5.25 Å². The Morgan fingerprint density at radius 3 is 2.50 bits per heavy atom. The number of rotatable bonds is 8. The van der Waals surface area contributed by atoms with E-state index in [4.69, 9.17) is 5.73 Å². The number of unbranched alkanes of at least 4 members (excludes halogenated alkanes) is 1. The van der Waals surface area contributed by atoms with Gasteiger partial charge in [-0.2, -0.15) is 0 Å². The fourth-order valence-corrected chi connectivity index (χ4v) is 2.64. The maximum atomic E-state index is 11.9. The van der Waals surface area contributed by atoms with Crippen molar-refractivity contribution in [1.82, 2.24) is 5.32 Å². The fourth-order valence-electron chi connectivity index (χ4n) is 1.60. The van der Waals surface area contributed by atoms with E-state index in [1.165, 1.54) is 0 Å². The number of nitrogens with one attached hydrogen (secondary N) is 1. The average Bonchev–Trinajstić information content (AvgIpc) is 2.45. The van der Waals surface area contributed by atoms with Crippen molar-refractivity contribution in [3.63, 3.8) is 0 Å². The van der Waals surface area contributed by atoms with Gasteiger partial charge in [0.1, 0.15) is 0 Å². The van der Waals surface area contributed by atoms with Crippen LogP contribution in [0.4, 0.5) is 0 Å². The molecule has 0 radical (unpaired) electrons. The van der Waals surface area contributed by atoms with E-state index in [2.05, 4.69) is 12.2 Å². The maximum absolute atomic E-state index is 11.9. The zero-order valence-corrected chi connectivity index (χ0v) is 12.8. The van der Waals surface area contributed by atoms with Gasteiger partial charge in [-0.15, -0.1) is 11.8 Å². The molecular formula is C15H22N2O2S. The average molecular weight is 294 g/mol. The van der Waals surface area contributed by atoms with E-state index in [0.29, 0.717) is 12.1 Å². The van der Waals surface area contributed by atoms with Crippen molar-refractivity contribution in [3.05, 3.63) is 35.4 Å². The molecule has 0 aromatic heterocycles. The van der Waals surface area contributed by atoms with Crippen LogP contribution >= 0.6 is 11.8 Å². The number of nitrogens with two attached hydrogens (primary N) is 1. The summed E-state index contributed by atoms with van der Waals surface area (Å²) in [5, 5.41) is 2.86. The summed E-state index contributed by atoms with van der Waals surface area (Å²) in [7, 11) is 0. The van der Waals surface area contributed by atoms with Gasteiger partial charge in [-0.3, -0.25) is 9.59 Å². The normalized spacial score (nSPS) is 11.9. The van der Waals surface area contributed by atoms with E-state index in [-0.39, 0.29) is 11.2 Å². The van der Waals surface area contributed by atoms with Crippen molar-refractivity contribution in [3.8, 4) is 0 Å². The molecule has 1 aromatic rings. The standard InChI is InChI=1S/C15H22N2O2S/c1-3-4-9-20-11(2)15(19)17-10-12-5-7-13(8-6-12)14(16)18/h5-8,11H,3-4,9-10H2,1-2H3,(H2,16,18)(H,17,19)/t11-/m0/s1. The lowest BCUT2D eigenvalue weighted by molar-refractivity contribution is -0.120. The Morgan fingerprint density at radius 2 is 1.95 bits per heavy atom. The third kappa shape index (κ3) is 5.65. The quantitative estimate of drug-likeness (QED) is 0.723. The van der Waals surface area contributed by atoms with Gasteiger partial charge in [-0.25, -0.2) is 0 Å². The van der Waals surface area contributed by atoms with Gasteiger partial charge in [0.15, 0.2) is 0 Å². The molecule has 0 fully saturated rings. The van der Waals surface area contributed by atoms with E-state index in [0.717, 1.165) is 24.2 Å². The van der Waals surface area contributed by atoms with Crippen LogP contribution in [0.5, 0.6) is 0 Å². The molecule has 0 heterocycles. The van der Waals surface area contributed by atoms with Crippen LogP contribution < -0.4 is 11.1 Å². The van der Waals surface area contributed by atoms with Gasteiger partial charge in [0.2, 0.25) is 11.8 Å². The number of carbonyl (C=O) groups excluding carboxylic acids is 2. The summed E-state index contributed by atoms with van der Waals surface area (Å²) < 4.78 is 0. The molecule has 1 atom stereocenters. The fraction of sp³-hybridized carbons (Fsp3) is 0.467. The van der Waals surface area contributed by atoms with Crippen LogP contribution in [0.1, 0.15) is 42.6 Å². The van der Waals surface area contributed by atoms with Crippen LogP contribution in [0.3, 0.4) is 0 Å². The molecule has 0 saturated carbocycles. The van der Waals surface area contributed by atoms with E-state index < -0.39 is 5.91 Å². The number of thioether (sulfide) groups is 1. The molecule has 0 aliphatic heterocycles. The summed E-state index contributed by atoms with van der Waals surface area (Å²) in [5.41, 5.74) is 6.60. The molecule has 0 saturated heterocycles. The van der Waals surface area contributed by atoms with Crippen molar-refractivity contribution in [2.24, 2.45) is 5.73 Å². The minimum atomic E-state index is -0.443. The molecule has 0 aliphatic rings. The predicted molar refractivity (Wildman–Crippen MR) is 83.6 cm³/mol. The monoisotopic (exact) mass is 294 g/mol. The molecule has 0 aliphatic carbocycles. The molecule has 1 aromatic carbocycles. The number of hydrogen-bond donors (Lipinski definition) is 2. The molecule has 20 heavy (non-hydrogen) atoms. The third-order valence-corrected chi connectivity index (χ3v) is 4.18. The van der Waals surface area contributed by atoms with Gasteiger partial charge in [0, 0.05) is 12.1 Å². The van der Waals surface area contributed by atoms with Crippen LogP contribution in [-0.2, 0) is 11.3 Å². The smallest absolute Gasteiger partial charge is 0.248 e. The highest BCUT2D eigenvalue weighted by molar-refractivity contribution is 8.00. The molecular weight excluding hydrogens is 272 g/mol. The summed E-state index contributed by atoms with van der Waals surface area (Å²) in [4.78, 5) is 22.8. The maximum Gasteiger partial charge on any atom is 0.248 e. The summed E-state index contributed by atoms with van der Waals surface area (Å²) in [5.74, 6) is 0.616. The van der Waals surface area contributed by atoms with Crippen molar-refractivity contribution in [2.75, 3.05) is 5.75 Å². The Hall–Kier alpha value is -1.49. The summed E-state index contributed by atoms with van der Waals surface area (Å²) in [6, 6.07) is 6.94. The zero-order valence-electron chi connectivity index (χ0n) is 12.0. The van der Waals surface area contributed by atoms with E-state index in [9.17, 15) is 9.59 Å². The van der Waals surface area contributed by atoms with Crippen LogP contribution in [0.25, 0.3) is 0 Å². The second-order valence-corrected chi connectivity index (χ2v) is 6.09. The molecule has 110 valence electrons. The summed E-state index contributed by atoms with van der Waals surface area (Å²) in [6.07, 6.45) is 2.28. The molecule has 4 nitrogen and oxygen atoms in total. The Balaban J connectivity index is 2.38. The number of hydrogen-bond acceptors (Lipinski definition) is 3. The second kappa shape index (κ2) is 8.64. The first-order valence-corrected chi connectivity index (χ1v) is 7.87. The highest BCUT2D eigenvalue weighted by Gasteiger charge is 2.12. The molecule has 1 rings (SSSR count). The van der Waals surface area contributed by atoms with Gasteiger partial charge in [0.25, 0.3) is 0 Å². The SMILES string of the molecule is CCCCS[C@@H](C)C(=O)NCc1ccc(C(N)=O)cc1. The first-order chi connectivity index (χ1) is 9.54. The van der Waals surface area contributed by atoms with E-state index in [1.54, 1.807) is 36.0 Å².